The molecule has 0 radical (unpaired) electrons. The highest BCUT2D eigenvalue weighted by Crippen LogP contribution is 2.13. The number of thioether (sulfide) groups is 1. The molecule has 0 saturated carbocycles. The summed E-state index contributed by atoms with van der Waals surface area (Å²) in [7, 11) is 0. The third kappa shape index (κ3) is 5.25. The van der Waals surface area contributed by atoms with Crippen molar-refractivity contribution in [1.29, 1.82) is 0 Å². The van der Waals surface area contributed by atoms with Gasteiger partial charge in [0.05, 0.1) is 6.54 Å². The van der Waals surface area contributed by atoms with Crippen molar-refractivity contribution in [2.45, 2.75) is 13.1 Å². The number of amides is 1. The summed E-state index contributed by atoms with van der Waals surface area (Å²) < 4.78 is 1.58. The van der Waals surface area contributed by atoms with Gasteiger partial charge in [-0.3, -0.25) is 9.48 Å². The molecule has 1 aliphatic heterocycles. The summed E-state index contributed by atoms with van der Waals surface area (Å²) in [4.78, 5) is 18.6. The summed E-state index contributed by atoms with van der Waals surface area (Å²) in [6, 6.07) is 9.45. The number of benzene rings is 1. The first-order valence-electron chi connectivity index (χ1n) is 8.19. The predicted octanol–water partition coefficient (Wildman–Crippen LogP) is 1.39. The molecule has 0 unspecified atom stereocenters. The van der Waals surface area contributed by atoms with E-state index >= 15 is 0 Å². The van der Waals surface area contributed by atoms with Gasteiger partial charge in [-0.15, -0.1) is 0 Å². The van der Waals surface area contributed by atoms with Crippen LogP contribution in [0.1, 0.15) is 5.56 Å². The van der Waals surface area contributed by atoms with Crippen molar-refractivity contribution in [3.05, 3.63) is 48.3 Å². The van der Waals surface area contributed by atoms with E-state index in [1.54, 1.807) is 23.1 Å². The third-order valence-corrected chi connectivity index (χ3v) is 4.78. The lowest BCUT2D eigenvalue weighted by atomic mass is 10.2. The molecule has 1 fully saturated rings. The molecule has 8 heteroatoms. The Labute approximate surface area is 151 Å². The minimum absolute atomic E-state index is 0.116. The molecule has 0 bridgehead atoms. The minimum Gasteiger partial charge on any atom is -0.370 e. The van der Waals surface area contributed by atoms with Crippen LogP contribution in [0, 0.1) is 0 Å². The Balaban J connectivity index is 1.56. The maximum absolute atomic E-state index is 12.0. The Bertz CT molecular complexity index is 724. The second-order valence-electron chi connectivity index (χ2n) is 5.73. The quantitative estimate of drug-likeness (QED) is 0.623. The van der Waals surface area contributed by atoms with Crippen molar-refractivity contribution in [1.82, 2.24) is 14.7 Å². The number of hydrogen-bond acceptors (Lipinski definition) is 4. The molecule has 3 N–H and O–H groups in total. The van der Waals surface area contributed by atoms with Crippen LogP contribution in [-0.4, -0.2) is 51.1 Å². The van der Waals surface area contributed by atoms with Crippen molar-refractivity contribution in [3.8, 4) is 0 Å². The van der Waals surface area contributed by atoms with Crippen LogP contribution >= 0.6 is 11.8 Å². The van der Waals surface area contributed by atoms with E-state index in [0.29, 0.717) is 12.5 Å². The van der Waals surface area contributed by atoms with Gasteiger partial charge in [0, 0.05) is 42.7 Å². The van der Waals surface area contributed by atoms with Gasteiger partial charge in [0.1, 0.15) is 6.54 Å². The molecular weight excluding hydrogens is 336 g/mol. The average molecular weight is 358 g/mol. The highest BCUT2D eigenvalue weighted by atomic mass is 32.2. The van der Waals surface area contributed by atoms with E-state index in [0.717, 1.165) is 35.8 Å². The molecule has 2 aromatic rings. The molecule has 0 aliphatic carbocycles. The van der Waals surface area contributed by atoms with Crippen molar-refractivity contribution in [2.75, 3.05) is 29.9 Å². The van der Waals surface area contributed by atoms with Gasteiger partial charge in [0.15, 0.2) is 5.96 Å². The van der Waals surface area contributed by atoms with Gasteiger partial charge in [-0.05, 0) is 23.8 Å². The summed E-state index contributed by atoms with van der Waals surface area (Å²) in [6.45, 7) is 2.58. The number of rotatable bonds is 5. The summed E-state index contributed by atoms with van der Waals surface area (Å²) >= 11 is 1.94. The SMILES string of the molecule is NC(=NCc1cccc(NC(=O)Cn2cccn2)c1)N1CCSCC1. The van der Waals surface area contributed by atoms with Crippen LogP contribution in [0.4, 0.5) is 5.69 Å². The maximum atomic E-state index is 12.0. The van der Waals surface area contributed by atoms with Crippen molar-refractivity contribution >= 4 is 29.3 Å². The number of nitrogens with one attached hydrogen (secondary N) is 1. The molecule has 1 aromatic carbocycles. The zero-order chi connectivity index (χ0) is 17.5. The van der Waals surface area contributed by atoms with E-state index in [1.165, 1.54) is 0 Å². The maximum Gasteiger partial charge on any atom is 0.246 e. The van der Waals surface area contributed by atoms with Crippen LogP contribution in [-0.2, 0) is 17.9 Å². The minimum atomic E-state index is -0.116. The van der Waals surface area contributed by atoms with E-state index in [1.807, 2.05) is 36.0 Å². The van der Waals surface area contributed by atoms with Crippen LogP contribution < -0.4 is 11.1 Å². The van der Waals surface area contributed by atoms with Gasteiger partial charge < -0.3 is 16.0 Å². The van der Waals surface area contributed by atoms with E-state index in [-0.39, 0.29) is 12.5 Å². The number of carbonyl (C=O) groups excluding carboxylic acids is 1. The molecule has 1 saturated heterocycles. The van der Waals surface area contributed by atoms with Crippen molar-refractivity contribution in [2.24, 2.45) is 10.7 Å². The molecule has 3 rings (SSSR count). The number of aromatic nitrogens is 2. The zero-order valence-electron chi connectivity index (χ0n) is 14.0. The first-order valence-corrected chi connectivity index (χ1v) is 9.35. The molecule has 1 amide bonds. The largest absolute Gasteiger partial charge is 0.370 e. The Morgan fingerprint density at radius 2 is 2.16 bits per heavy atom. The molecule has 132 valence electrons. The Kier molecular flexibility index (Phi) is 5.95. The second-order valence-corrected chi connectivity index (χ2v) is 6.95. The molecular formula is C17H22N6OS. The number of guanidine groups is 1. The van der Waals surface area contributed by atoms with Gasteiger partial charge >= 0.3 is 0 Å². The third-order valence-electron chi connectivity index (χ3n) is 3.83. The average Bonchev–Trinajstić information content (AvgIpc) is 3.13. The summed E-state index contributed by atoms with van der Waals surface area (Å²) in [5.74, 6) is 2.66. The van der Waals surface area contributed by atoms with Crippen molar-refractivity contribution < 1.29 is 4.79 Å². The highest BCUT2D eigenvalue weighted by Gasteiger charge is 2.12. The van der Waals surface area contributed by atoms with Crippen LogP contribution in [0.15, 0.2) is 47.7 Å². The van der Waals surface area contributed by atoms with Gasteiger partial charge in [-0.1, -0.05) is 12.1 Å². The van der Waals surface area contributed by atoms with Crippen LogP contribution in [0.2, 0.25) is 0 Å². The first-order chi connectivity index (χ1) is 12.2. The molecule has 1 aromatic heterocycles. The Morgan fingerprint density at radius 3 is 2.92 bits per heavy atom. The normalized spacial score (nSPS) is 15.2. The van der Waals surface area contributed by atoms with E-state index in [9.17, 15) is 4.79 Å². The molecule has 25 heavy (non-hydrogen) atoms. The van der Waals surface area contributed by atoms with Crippen LogP contribution in [0.5, 0.6) is 0 Å². The molecule has 1 aliphatic rings. The lowest BCUT2D eigenvalue weighted by molar-refractivity contribution is -0.116. The second kappa shape index (κ2) is 8.57. The monoisotopic (exact) mass is 358 g/mol. The number of hydrogen-bond donors (Lipinski definition) is 2. The fourth-order valence-corrected chi connectivity index (χ4v) is 3.46. The van der Waals surface area contributed by atoms with E-state index < -0.39 is 0 Å². The van der Waals surface area contributed by atoms with Crippen molar-refractivity contribution in [3.63, 3.8) is 0 Å². The molecule has 7 nitrogen and oxygen atoms in total. The number of aliphatic imine (C=N–C) groups is 1. The molecule has 2 heterocycles. The standard InChI is InChI=1S/C17H22N6OS/c18-17(22-7-9-25-10-8-22)19-12-14-3-1-4-15(11-14)21-16(24)13-23-6-2-5-20-23/h1-6,11H,7-10,12-13H2,(H2,18,19)(H,21,24). The fourth-order valence-electron chi connectivity index (χ4n) is 2.55. The number of nitrogens with zero attached hydrogens (tertiary/aromatic N) is 4. The van der Waals surface area contributed by atoms with Gasteiger partial charge in [0.2, 0.25) is 5.91 Å². The lowest BCUT2D eigenvalue weighted by Gasteiger charge is -2.27. The predicted molar refractivity (Wildman–Crippen MR) is 102 cm³/mol. The van der Waals surface area contributed by atoms with E-state index in [4.69, 9.17) is 5.73 Å². The fraction of sp³-hybridized carbons (Fsp3) is 0.353. The van der Waals surface area contributed by atoms with Gasteiger partial charge in [0.25, 0.3) is 0 Å². The summed E-state index contributed by atoms with van der Waals surface area (Å²) in [5.41, 5.74) is 7.83. The lowest BCUT2D eigenvalue weighted by Crippen LogP contribution is -2.42. The number of carbonyl (C=O) groups is 1. The summed E-state index contributed by atoms with van der Waals surface area (Å²) in [6.07, 6.45) is 3.41. The van der Waals surface area contributed by atoms with Gasteiger partial charge in [-0.25, -0.2) is 4.99 Å². The first kappa shape index (κ1) is 17.3. The number of anilines is 1. The zero-order valence-corrected chi connectivity index (χ0v) is 14.8. The Hall–Kier alpha value is -2.48. The molecule has 0 atom stereocenters. The smallest absolute Gasteiger partial charge is 0.246 e. The van der Waals surface area contributed by atoms with Gasteiger partial charge in [-0.2, -0.15) is 16.9 Å². The van der Waals surface area contributed by atoms with E-state index in [2.05, 4.69) is 20.3 Å². The van der Waals surface area contributed by atoms with Crippen LogP contribution in [0.25, 0.3) is 0 Å². The summed E-state index contributed by atoms with van der Waals surface area (Å²) in [5, 5.41) is 6.91. The highest BCUT2D eigenvalue weighted by molar-refractivity contribution is 7.99. The Morgan fingerprint density at radius 1 is 1.32 bits per heavy atom. The topological polar surface area (TPSA) is 88.5 Å². The molecule has 0 spiro atoms. The number of nitrogens with two attached hydrogens (primary N) is 1. The van der Waals surface area contributed by atoms with Crippen LogP contribution in [0.3, 0.4) is 0 Å².